The third-order valence-electron chi connectivity index (χ3n) is 1.14. The minimum absolute atomic E-state index is 0. The first-order valence-corrected chi connectivity index (χ1v) is 2.71. The van der Waals surface area contributed by atoms with Gasteiger partial charge < -0.3 is 10.2 Å². The summed E-state index contributed by atoms with van der Waals surface area (Å²) >= 11 is 0. The Morgan fingerprint density at radius 2 is 1.91 bits per heavy atom. The molecule has 0 aromatic heterocycles. The van der Waals surface area contributed by atoms with Crippen molar-refractivity contribution in [2.75, 3.05) is 0 Å². The molecule has 1 aromatic rings. The zero-order chi connectivity index (χ0) is 7.56. The van der Waals surface area contributed by atoms with Crippen LogP contribution in [-0.2, 0) is 0 Å². The second-order valence-electron chi connectivity index (χ2n) is 1.86. The molecule has 0 heterocycles. The summed E-state index contributed by atoms with van der Waals surface area (Å²) in [6.45, 7) is 0. The van der Waals surface area contributed by atoms with Crippen molar-refractivity contribution in [1.29, 1.82) is 0 Å². The van der Waals surface area contributed by atoms with E-state index in [1.807, 2.05) is 0 Å². The average molecular weight is 347 g/mol. The molecule has 0 spiro atoms. The Hall–Kier alpha value is -0.588. The number of phenols is 2. The van der Waals surface area contributed by atoms with Crippen LogP contribution in [0.4, 0.5) is 0 Å². The zero-order valence-corrected chi connectivity index (χ0v) is 11.3. The summed E-state index contributed by atoms with van der Waals surface area (Å²) in [6, 6.07) is 3.80. The van der Waals surface area contributed by atoms with E-state index < -0.39 is 0 Å². The first-order chi connectivity index (χ1) is 4.74. The van der Waals surface area contributed by atoms with Crippen molar-refractivity contribution in [2.24, 2.45) is 0 Å². The van der Waals surface area contributed by atoms with Crippen LogP contribution in [0.2, 0.25) is 0 Å². The number of carbonyl (C=O) groups excluding carboxylic acids is 1. The van der Waals surface area contributed by atoms with Gasteiger partial charge in [0.15, 0.2) is 6.29 Å². The van der Waals surface area contributed by atoms with Crippen LogP contribution in [0.1, 0.15) is 10.4 Å². The summed E-state index contributed by atoms with van der Waals surface area (Å²) in [6.07, 6.45) is 0.523. The molecule has 0 aliphatic rings. The van der Waals surface area contributed by atoms with E-state index in [0.29, 0.717) is 6.29 Å². The Bertz CT molecular complexity index is 260. The SMILES string of the molecule is O=Cc1ccc(O)cc1O.[PbH2]. The summed E-state index contributed by atoms with van der Waals surface area (Å²) in [5, 5.41) is 17.7. The standard InChI is InChI=1S/C7H6O3.Pb.2H/c8-4-5-1-2-6(9)3-7(5)10;;;/h1-4,9-10H;;;. The molecule has 2 radical (unpaired) electrons. The van der Waals surface area contributed by atoms with Crippen LogP contribution in [0, 0.1) is 0 Å². The molecule has 11 heavy (non-hydrogen) atoms. The van der Waals surface area contributed by atoms with Crippen molar-refractivity contribution in [3.8, 4) is 11.5 Å². The van der Waals surface area contributed by atoms with Gasteiger partial charge >= 0.3 is 27.3 Å². The second-order valence-corrected chi connectivity index (χ2v) is 1.86. The van der Waals surface area contributed by atoms with Gasteiger partial charge in [-0.2, -0.15) is 0 Å². The van der Waals surface area contributed by atoms with E-state index >= 15 is 0 Å². The Balaban J connectivity index is 0.000001000. The van der Waals surface area contributed by atoms with Crippen molar-refractivity contribution in [3.05, 3.63) is 23.8 Å². The molecule has 0 bridgehead atoms. The normalized spacial score (nSPS) is 8.36. The van der Waals surface area contributed by atoms with Crippen LogP contribution >= 0.6 is 0 Å². The third kappa shape index (κ3) is 2.49. The van der Waals surface area contributed by atoms with Crippen LogP contribution in [0.25, 0.3) is 0 Å². The number of hydrogen-bond donors (Lipinski definition) is 2. The van der Waals surface area contributed by atoms with Crippen molar-refractivity contribution in [3.63, 3.8) is 0 Å². The average Bonchev–Trinajstić information content (AvgIpc) is 1.88. The first kappa shape index (κ1) is 10.4. The third-order valence-corrected chi connectivity index (χ3v) is 1.14. The molecule has 4 heteroatoms. The van der Waals surface area contributed by atoms with Crippen molar-refractivity contribution < 1.29 is 15.0 Å². The fourth-order valence-electron chi connectivity index (χ4n) is 0.632. The van der Waals surface area contributed by atoms with E-state index in [1.165, 1.54) is 12.1 Å². The summed E-state index contributed by atoms with van der Waals surface area (Å²) in [7, 11) is 0. The Kier molecular flexibility index (Phi) is 4.09. The maximum atomic E-state index is 10.1. The molecule has 1 aromatic carbocycles. The molecular weight excluding hydrogens is 339 g/mol. The van der Waals surface area contributed by atoms with Crippen LogP contribution in [0.5, 0.6) is 11.5 Å². The fourth-order valence-corrected chi connectivity index (χ4v) is 0.632. The van der Waals surface area contributed by atoms with E-state index in [2.05, 4.69) is 0 Å². The number of hydrogen-bond acceptors (Lipinski definition) is 3. The maximum absolute atomic E-state index is 10.1. The number of phenolic OH excluding ortho intramolecular Hbond substituents is 2. The Morgan fingerprint density at radius 1 is 1.27 bits per heavy atom. The number of aldehydes is 1. The topological polar surface area (TPSA) is 57.5 Å². The molecule has 0 unspecified atom stereocenters. The molecule has 0 saturated carbocycles. The van der Waals surface area contributed by atoms with Gasteiger partial charge in [-0.25, -0.2) is 0 Å². The number of rotatable bonds is 1. The van der Waals surface area contributed by atoms with E-state index in [1.54, 1.807) is 0 Å². The molecule has 0 saturated heterocycles. The molecule has 0 aliphatic heterocycles. The predicted molar refractivity (Wildman–Crippen MR) is 43.7 cm³/mol. The van der Waals surface area contributed by atoms with Crippen LogP contribution < -0.4 is 0 Å². The van der Waals surface area contributed by atoms with Gasteiger partial charge in [0, 0.05) is 6.07 Å². The molecule has 0 fully saturated rings. The van der Waals surface area contributed by atoms with Crippen LogP contribution in [0.3, 0.4) is 0 Å². The summed E-state index contributed by atoms with van der Waals surface area (Å²) in [4.78, 5) is 10.1. The molecule has 0 aliphatic carbocycles. The van der Waals surface area contributed by atoms with Gasteiger partial charge in [0.2, 0.25) is 0 Å². The monoisotopic (exact) mass is 348 g/mol. The molecule has 0 amide bonds. The Labute approximate surface area is 83.8 Å². The zero-order valence-electron chi connectivity index (χ0n) is 5.82. The molecule has 0 atom stereocenters. The number of aromatic hydroxyl groups is 2. The van der Waals surface area contributed by atoms with E-state index in [-0.39, 0.29) is 44.4 Å². The van der Waals surface area contributed by atoms with Crippen molar-refractivity contribution >= 4 is 33.6 Å². The molecule has 58 valence electrons. The van der Waals surface area contributed by atoms with E-state index in [0.717, 1.165) is 6.07 Å². The van der Waals surface area contributed by atoms with Gasteiger partial charge in [-0.3, -0.25) is 4.79 Å². The summed E-state index contributed by atoms with van der Waals surface area (Å²) in [5.74, 6) is -0.252. The van der Waals surface area contributed by atoms with Gasteiger partial charge in [-0.1, -0.05) is 0 Å². The molecule has 3 nitrogen and oxygen atoms in total. The van der Waals surface area contributed by atoms with Crippen LogP contribution in [0.15, 0.2) is 18.2 Å². The first-order valence-electron chi connectivity index (χ1n) is 2.71. The molecule has 2 N–H and O–H groups in total. The fraction of sp³-hybridized carbons (Fsp3) is 0. The van der Waals surface area contributed by atoms with Crippen molar-refractivity contribution in [2.45, 2.75) is 0 Å². The molecular formula is C7H8O3Pb. The minimum atomic E-state index is -0.199. The summed E-state index contributed by atoms with van der Waals surface area (Å²) in [5.41, 5.74) is 0.179. The van der Waals surface area contributed by atoms with Gasteiger partial charge in [-0.15, -0.1) is 0 Å². The van der Waals surface area contributed by atoms with E-state index in [9.17, 15) is 4.79 Å². The Morgan fingerprint density at radius 3 is 2.36 bits per heavy atom. The molecule has 1 rings (SSSR count). The van der Waals surface area contributed by atoms with E-state index in [4.69, 9.17) is 10.2 Å². The second kappa shape index (κ2) is 4.32. The van der Waals surface area contributed by atoms with Gasteiger partial charge in [0.05, 0.1) is 5.56 Å². The van der Waals surface area contributed by atoms with Crippen LogP contribution in [-0.4, -0.2) is 43.8 Å². The van der Waals surface area contributed by atoms with Gasteiger partial charge in [0.1, 0.15) is 11.5 Å². The number of carbonyl (C=O) groups is 1. The van der Waals surface area contributed by atoms with Gasteiger partial charge in [-0.05, 0) is 12.1 Å². The van der Waals surface area contributed by atoms with Gasteiger partial charge in [0.25, 0.3) is 0 Å². The number of benzene rings is 1. The predicted octanol–water partition coefficient (Wildman–Crippen LogP) is -0.00590. The van der Waals surface area contributed by atoms with Crippen molar-refractivity contribution in [1.82, 2.24) is 0 Å². The quantitative estimate of drug-likeness (QED) is 0.555. The summed E-state index contributed by atoms with van der Waals surface area (Å²) < 4.78 is 0.